The molecule has 1 N–H and O–H groups in total. The molecular weight excluding hydrogens is 486 g/mol. The fraction of sp³-hybridized carbons (Fsp3) is 0.286. The molecule has 0 spiro atoms. The van der Waals surface area contributed by atoms with E-state index in [1.165, 1.54) is 23.1 Å². The number of sulfonamides is 1. The normalized spacial score (nSPS) is 15.3. The monoisotopic (exact) mass is 507 g/mol. The molecule has 1 aliphatic heterocycles. The Bertz CT molecular complexity index is 1140. The highest BCUT2D eigenvalue weighted by molar-refractivity contribution is 9.10. The fourth-order valence-corrected chi connectivity index (χ4v) is 5.30. The minimum Gasteiger partial charge on any atom is -0.355 e. The zero-order valence-electron chi connectivity index (χ0n) is 17.0. The van der Waals surface area contributed by atoms with Crippen molar-refractivity contribution in [2.75, 3.05) is 13.1 Å². The summed E-state index contributed by atoms with van der Waals surface area (Å²) >= 11 is 3.38. The molecule has 0 radical (unpaired) electrons. The van der Waals surface area contributed by atoms with Crippen LogP contribution in [0.4, 0.5) is 0 Å². The minimum atomic E-state index is -4.13. The number of halogens is 1. The summed E-state index contributed by atoms with van der Waals surface area (Å²) < 4.78 is 27.0. The van der Waals surface area contributed by atoms with E-state index in [9.17, 15) is 22.8 Å². The minimum absolute atomic E-state index is 0.0330. The van der Waals surface area contributed by atoms with Crippen LogP contribution in [0.5, 0.6) is 0 Å². The molecule has 1 atom stereocenters. The van der Waals surface area contributed by atoms with Gasteiger partial charge in [0, 0.05) is 17.6 Å². The molecule has 164 valence electrons. The Morgan fingerprint density at radius 1 is 1.16 bits per heavy atom. The van der Waals surface area contributed by atoms with Gasteiger partial charge in [-0.3, -0.25) is 14.4 Å². The van der Waals surface area contributed by atoms with Gasteiger partial charge >= 0.3 is 0 Å². The standard InChI is InChI=1S/C21H22BrN3O5S/c1-3-23-20(27)14(2)24(12-15-7-6-8-16(22)11-15)19(26)13-25-21(28)17-9-4-5-10-18(17)31(25,29)30/h4-11,14H,3,12-13H2,1-2H3,(H,23,27)/t14-/m0/s1. The average Bonchev–Trinajstić information content (AvgIpc) is 2.92. The van der Waals surface area contributed by atoms with Crippen LogP contribution in [0.15, 0.2) is 57.9 Å². The Morgan fingerprint density at radius 3 is 2.52 bits per heavy atom. The molecule has 0 bridgehead atoms. The summed E-state index contributed by atoms with van der Waals surface area (Å²) in [5.41, 5.74) is 0.781. The molecule has 1 aliphatic rings. The molecule has 10 heteroatoms. The van der Waals surface area contributed by atoms with Crippen molar-refractivity contribution in [2.24, 2.45) is 0 Å². The van der Waals surface area contributed by atoms with Gasteiger partial charge in [-0.05, 0) is 43.7 Å². The molecule has 0 aliphatic carbocycles. The van der Waals surface area contributed by atoms with Crippen molar-refractivity contribution < 1.29 is 22.8 Å². The van der Waals surface area contributed by atoms with Crippen LogP contribution in [0.25, 0.3) is 0 Å². The average molecular weight is 508 g/mol. The van der Waals surface area contributed by atoms with Gasteiger partial charge in [-0.1, -0.05) is 40.2 Å². The van der Waals surface area contributed by atoms with Crippen molar-refractivity contribution in [3.63, 3.8) is 0 Å². The smallest absolute Gasteiger partial charge is 0.269 e. The van der Waals surface area contributed by atoms with Crippen molar-refractivity contribution >= 4 is 43.7 Å². The lowest BCUT2D eigenvalue weighted by Gasteiger charge is -2.30. The molecule has 2 aromatic carbocycles. The Labute approximate surface area is 189 Å². The second-order valence-electron chi connectivity index (χ2n) is 7.04. The first-order valence-electron chi connectivity index (χ1n) is 9.64. The van der Waals surface area contributed by atoms with E-state index in [1.807, 2.05) is 6.07 Å². The number of carbonyl (C=O) groups excluding carboxylic acids is 3. The van der Waals surface area contributed by atoms with Gasteiger partial charge in [-0.2, -0.15) is 0 Å². The van der Waals surface area contributed by atoms with Gasteiger partial charge in [0.15, 0.2) is 0 Å². The zero-order chi connectivity index (χ0) is 22.8. The van der Waals surface area contributed by atoms with E-state index >= 15 is 0 Å². The predicted octanol–water partition coefficient (Wildman–Crippen LogP) is 2.15. The second-order valence-corrected chi connectivity index (χ2v) is 9.78. The van der Waals surface area contributed by atoms with E-state index in [0.29, 0.717) is 10.8 Å². The van der Waals surface area contributed by atoms with E-state index < -0.39 is 34.4 Å². The first kappa shape index (κ1) is 23.0. The number of amides is 3. The van der Waals surface area contributed by atoms with Crippen LogP contribution in [-0.2, 0) is 26.2 Å². The van der Waals surface area contributed by atoms with Crippen molar-refractivity contribution in [1.29, 1.82) is 0 Å². The van der Waals surface area contributed by atoms with E-state index in [4.69, 9.17) is 0 Å². The Hall–Kier alpha value is -2.72. The number of nitrogens with one attached hydrogen (secondary N) is 1. The van der Waals surface area contributed by atoms with Gasteiger partial charge < -0.3 is 10.2 Å². The number of hydrogen-bond acceptors (Lipinski definition) is 5. The maximum Gasteiger partial charge on any atom is 0.269 e. The van der Waals surface area contributed by atoms with E-state index in [2.05, 4.69) is 21.2 Å². The highest BCUT2D eigenvalue weighted by atomic mass is 79.9. The van der Waals surface area contributed by atoms with Crippen LogP contribution in [0.2, 0.25) is 0 Å². The second kappa shape index (κ2) is 9.19. The Balaban J connectivity index is 1.89. The summed E-state index contributed by atoms with van der Waals surface area (Å²) in [4.78, 5) is 39.5. The number of rotatable bonds is 7. The molecule has 3 amide bonds. The summed E-state index contributed by atoms with van der Waals surface area (Å²) in [5, 5.41) is 2.67. The van der Waals surface area contributed by atoms with E-state index in [-0.39, 0.29) is 22.9 Å². The maximum atomic E-state index is 13.2. The highest BCUT2D eigenvalue weighted by Crippen LogP contribution is 2.30. The lowest BCUT2D eigenvalue weighted by atomic mass is 10.1. The molecule has 3 rings (SSSR count). The first-order valence-corrected chi connectivity index (χ1v) is 11.9. The summed E-state index contributed by atoms with van der Waals surface area (Å²) in [7, 11) is -4.13. The van der Waals surface area contributed by atoms with Crippen LogP contribution in [0.3, 0.4) is 0 Å². The first-order chi connectivity index (χ1) is 14.7. The van der Waals surface area contributed by atoms with Crippen molar-refractivity contribution in [2.45, 2.75) is 31.3 Å². The van der Waals surface area contributed by atoms with Crippen molar-refractivity contribution in [3.8, 4) is 0 Å². The van der Waals surface area contributed by atoms with Gasteiger partial charge in [-0.25, -0.2) is 12.7 Å². The number of fused-ring (bicyclic) bond motifs is 1. The van der Waals surface area contributed by atoms with Crippen molar-refractivity contribution in [3.05, 3.63) is 64.1 Å². The Kier molecular flexibility index (Phi) is 6.80. The molecular formula is C21H22BrN3O5S. The van der Waals surface area contributed by atoms with Gasteiger partial charge in [0.05, 0.1) is 5.56 Å². The van der Waals surface area contributed by atoms with Gasteiger partial charge in [-0.15, -0.1) is 0 Å². The van der Waals surface area contributed by atoms with E-state index in [1.54, 1.807) is 38.1 Å². The van der Waals surface area contributed by atoms with Crippen LogP contribution in [0.1, 0.15) is 29.8 Å². The molecule has 0 aromatic heterocycles. The third-order valence-corrected chi connectivity index (χ3v) is 7.23. The summed E-state index contributed by atoms with van der Waals surface area (Å²) in [6, 6.07) is 12.2. The quantitative estimate of drug-likeness (QED) is 0.618. The SMILES string of the molecule is CCNC(=O)[C@H](C)N(Cc1cccc(Br)c1)C(=O)CN1C(=O)c2ccccc2S1(=O)=O. The summed E-state index contributed by atoms with van der Waals surface area (Å²) in [6.07, 6.45) is 0. The van der Waals surface area contributed by atoms with Crippen molar-refractivity contribution in [1.82, 2.24) is 14.5 Å². The largest absolute Gasteiger partial charge is 0.355 e. The van der Waals surface area contributed by atoms with Gasteiger partial charge in [0.1, 0.15) is 17.5 Å². The van der Waals surface area contributed by atoms with Crippen LogP contribution in [0, 0.1) is 0 Å². The molecule has 0 unspecified atom stereocenters. The Morgan fingerprint density at radius 2 is 1.87 bits per heavy atom. The number of nitrogens with zero attached hydrogens (tertiary/aromatic N) is 2. The number of likely N-dealkylation sites (N-methyl/N-ethyl adjacent to an activating group) is 1. The molecule has 2 aromatic rings. The highest BCUT2D eigenvalue weighted by Gasteiger charge is 2.43. The predicted molar refractivity (Wildman–Crippen MR) is 118 cm³/mol. The zero-order valence-corrected chi connectivity index (χ0v) is 19.4. The topological polar surface area (TPSA) is 104 Å². The van der Waals surface area contributed by atoms with Crippen LogP contribution in [-0.4, -0.2) is 54.5 Å². The molecule has 8 nitrogen and oxygen atoms in total. The third-order valence-electron chi connectivity index (χ3n) is 4.95. The lowest BCUT2D eigenvalue weighted by molar-refractivity contribution is -0.140. The number of benzene rings is 2. The summed E-state index contributed by atoms with van der Waals surface area (Å²) in [6.45, 7) is 3.10. The van der Waals surface area contributed by atoms with E-state index in [0.717, 1.165) is 10.0 Å². The summed E-state index contributed by atoms with van der Waals surface area (Å²) in [5.74, 6) is -1.77. The fourth-order valence-electron chi connectivity index (χ4n) is 3.34. The van der Waals surface area contributed by atoms with Gasteiger partial charge in [0.25, 0.3) is 15.9 Å². The van der Waals surface area contributed by atoms with Crippen LogP contribution >= 0.6 is 15.9 Å². The van der Waals surface area contributed by atoms with Crippen LogP contribution < -0.4 is 5.32 Å². The lowest BCUT2D eigenvalue weighted by Crippen LogP contribution is -2.51. The maximum absolute atomic E-state index is 13.2. The number of carbonyl (C=O) groups is 3. The molecule has 0 saturated heterocycles. The molecule has 0 saturated carbocycles. The molecule has 31 heavy (non-hydrogen) atoms. The molecule has 1 heterocycles. The molecule has 0 fully saturated rings. The number of hydrogen-bond donors (Lipinski definition) is 1. The third kappa shape index (κ3) is 4.64. The van der Waals surface area contributed by atoms with Gasteiger partial charge in [0.2, 0.25) is 11.8 Å².